The van der Waals surface area contributed by atoms with E-state index in [9.17, 15) is 9.59 Å². The lowest BCUT2D eigenvalue weighted by Crippen LogP contribution is -2.49. The van der Waals surface area contributed by atoms with Crippen molar-refractivity contribution in [2.45, 2.75) is 25.3 Å². The Balaban J connectivity index is 1.90. The standard InChI is InChI=1S/C13H16ClNO4S/c14-11-3-1-10(20-11)2-4-12(16)15-5-6-19-8-9(15)7-13(17)18/h1,3,9H,2,4-8H2,(H,17,18). The van der Waals surface area contributed by atoms with Gasteiger partial charge in [-0.05, 0) is 18.6 Å². The first kappa shape index (κ1) is 15.3. The van der Waals surface area contributed by atoms with Gasteiger partial charge in [0.2, 0.25) is 5.91 Å². The number of rotatable bonds is 5. The maximum atomic E-state index is 12.2. The number of carboxylic acid groups (broad SMARTS) is 1. The van der Waals surface area contributed by atoms with Crippen LogP contribution in [0.1, 0.15) is 17.7 Å². The van der Waals surface area contributed by atoms with Gasteiger partial charge >= 0.3 is 5.97 Å². The molecule has 1 aromatic rings. The highest BCUT2D eigenvalue weighted by atomic mass is 35.5. The average molecular weight is 318 g/mol. The minimum Gasteiger partial charge on any atom is -0.481 e. The second-order valence-corrected chi connectivity index (χ2v) is 6.42. The van der Waals surface area contributed by atoms with Crippen LogP contribution in [0.2, 0.25) is 4.34 Å². The number of thiophene rings is 1. The maximum Gasteiger partial charge on any atom is 0.305 e. The lowest BCUT2D eigenvalue weighted by molar-refractivity contribution is -0.146. The molecule has 5 nitrogen and oxygen atoms in total. The molecule has 0 radical (unpaired) electrons. The van der Waals surface area contributed by atoms with E-state index >= 15 is 0 Å². The van der Waals surface area contributed by atoms with Gasteiger partial charge in [-0.25, -0.2) is 0 Å². The van der Waals surface area contributed by atoms with Crippen LogP contribution in [0.15, 0.2) is 12.1 Å². The van der Waals surface area contributed by atoms with Gasteiger partial charge < -0.3 is 14.7 Å². The highest BCUT2D eigenvalue weighted by Gasteiger charge is 2.28. The summed E-state index contributed by atoms with van der Waals surface area (Å²) in [5, 5.41) is 8.87. The summed E-state index contributed by atoms with van der Waals surface area (Å²) in [6, 6.07) is 3.36. The van der Waals surface area contributed by atoms with Gasteiger partial charge in [-0.2, -0.15) is 0 Å². The zero-order chi connectivity index (χ0) is 14.5. The molecular formula is C13H16ClNO4S. The van der Waals surface area contributed by atoms with Gasteiger partial charge in [0.05, 0.1) is 30.0 Å². The van der Waals surface area contributed by atoms with Gasteiger partial charge in [-0.15, -0.1) is 11.3 Å². The first-order chi connectivity index (χ1) is 9.56. The van der Waals surface area contributed by atoms with Crippen molar-refractivity contribution in [3.8, 4) is 0 Å². The average Bonchev–Trinajstić information content (AvgIpc) is 2.82. The van der Waals surface area contributed by atoms with E-state index in [0.717, 1.165) is 4.88 Å². The number of halogens is 1. The van der Waals surface area contributed by atoms with Gasteiger partial charge in [0.15, 0.2) is 0 Å². The molecule has 20 heavy (non-hydrogen) atoms. The fourth-order valence-electron chi connectivity index (χ4n) is 2.21. The molecule has 2 rings (SSSR count). The number of carbonyl (C=O) groups is 2. The van der Waals surface area contributed by atoms with Crippen molar-refractivity contribution in [1.29, 1.82) is 0 Å². The van der Waals surface area contributed by atoms with Crippen LogP contribution in [0.5, 0.6) is 0 Å². The van der Waals surface area contributed by atoms with Crippen molar-refractivity contribution in [2.75, 3.05) is 19.8 Å². The number of morpholine rings is 1. The van der Waals surface area contributed by atoms with Crippen LogP contribution in [0.4, 0.5) is 0 Å². The highest BCUT2D eigenvalue weighted by Crippen LogP contribution is 2.23. The van der Waals surface area contributed by atoms with Gasteiger partial charge in [-0.1, -0.05) is 11.6 Å². The van der Waals surface area contributed by atoms with Crippen LogP contribution in [0.25, 0.3) is 0 Å². The Bertz CT molecular complexity index is 490. The Morgan fingerprint density at radius 2 is 2.30 bits per heavy atom. The van der Waals surface area contributed by atoms with Crippen molar-refractivity contribution in [2.24, 2.45) is 0 Å². The third-order valence-electron chi connectivity index (χ3n) is 3.17. The number of nitrogens with zero attached hydrogens (tertiary/aromatic N) is 1. The second-order valence-electron chi connectivity index (χ2n) is 4.62. The predicted octanol–water partition coefficient (Wildman–Crippen LogP) is 2.04. The molecule has 1 amide bonds. The summed E-state index contributed by atoms with van der Waals surface area (Å²) in [5.74, 6) is -0.938. The normalized spacial score (nSPS) is 19.1. The summed E-state index contributed by atoms with van der Waals surface area (Å²) >= 11 is 7.31. The summed E-state index contributed by atoms with van der Waals surface area (Å²) < 4.78 is 5.97. The number of aliphatic carboxylic acids is 1. The van der Waals surface area contributed by atoms with Crippen LogP contribution in [0, 0.1) is 0 Å². The Morgan fingerprint density at radius 1 is 1.50 bits per heavy atom. The number of hydrogen-bond donors (Lipinski definition) is 1. The van der Waals surface area contributed by atoms with Crippen molar-refractivity contribution in [1.82, 2.24) is 4.90 Å². The summed E-state index contributed by atoms with van der Waals surface area (Å²) in [6.45, 7) is 1.22. The van der Waals surface area contributed by atoms with Crippen molar-refractivity contribution < 1.29 is 19.4 Å². The molecule has 1 fully saturated rings. The minimum atomic E-state index is -0.914. The van der Waals surface area contributed by atoms with Gasteiger partial charge in [0.1, 0.15) is 0 Å². The first-order valence-corrected chi connectivity index (χ1v) is 7.59. The first-order valence-electron chi connectivity index (χ1n) is 6.39. The summed E-state index contributed by atoms with van der Waals surface area (Å²) in [5.41, 5.74) is 0. The van der Waals surface area contributed by atoms with Crippen LogP contribution in [-0.2, 0) is 20.7 Å². The Hall–Kier alpha value is -1.11. The maximum absolute atomic E-state index is 12.2. The largest absolute Gasteiger partial charge is 0.481 e. The van der Waals surface area contributed by atoms with E-state index in [1.54, 1.807) is 4.90 Å². The summed E-state index contributed by atoms with van der Waals surface area (Å²) in [7, 11) is 0. The monoisotopic (exact) mass is 317 g/mol. The van der Waals surface area contributed by atoms with E-state index in [-0.39, 0.29) is 18.4 Å². The zero-order valence-electron chi connectivity index (χ0n) is 10.9. The van der Waals surface area contributed by atoms with Crippen molar-refractivity contribution in [3.63, 3.8) is 0 Å². The van der Waals surface area contributed by atoms with E-state index in [2.05, 4.69) is 0 Å². The van der Waals surface area contributed by atoms with Crippen LogP contribution in [-0.4, -0.2) is 47.7 Å². The van der Waals surface area contributed by atoms with E-state index < -0.39 is 5.97 Å². The lowest BCUT2D eigenvalue weighted by Gasteiger charge is -2.34. The smallest absolute Gasteiger partial charge is 0.305 e. The SMILES string of the molecule is O=C(O)CC1COCCN1C(=O)CCc1ccc(Cl)s1. The Kier molecular flexibility index (Phi) is 5.39. The van der Waals surface area contributed by atoms with Crippen molar-refractivity contribution >= 4 is 34.8 Å². The molecule has 1 aliphatic heterocycles. The second kappa shape index (κ2) is 7.06. The highest BCUT2D eigenvalue weighted by molar-refractivity contribution is 7.16. The van der Waals surface area contributed by atoms with Crippen LogP contribution >= 0.6 is 22.9 Å². The number of carbonyl (C=O) groups excluding carboxylic acids is 1. The van der Waals surface area contributed by atoms with Gasteiger partial charge in [-0.3, -0.25) is 9.59 Å². The number of ether oxygens (including phenoxy) is 1. The van der Waals surface area contributed by atoms with E-state index in [0.29, 0.717) is 36.9 Å². The molecule has 1 aliphatic rings. The minimum absolute atomic E-state index is 0.0240. The number of carboxylic acids is 1. The molecule has 0 spiro atoms. The molecule has 0 aromatic carbocycles. The molecular weight excluding hydrogens is 302 g/mol. The molecule has 110 valence electrons. The molecule has 1 N–H and O–H groups in total. The molecule has 2 heterocycles. The number of aryl methyl sites for hydroxylation is 1. The number of hydrogen-bond acceptors (Lipinski definition) is 4. The third-order valence-corrected chi connectivity index (χ3v) is 4.46. The van der Waals surface area contributed by atoms with E-state index in [1.807, 2.05) is 12.1 Å². The Morgan fingerprint density at radius 3 is 2.95 bits per heavy atom. The Labute approximate surface area is 126 Å². The molecule has 1 aromatic heterocycles. The third kappa shape index (κ3) is 4.19. The summed E-state index contributed by atoms with van der Waals surface area (Å²) in [6.07, 6.45) is 0.927. The molecule has 0 aliphatic carbocycles. The van der Waals surface area contributed by atoms with Gasteiger partial charge in [0.25, 0.3) is 0 Å². The molecule has 1 saturated heterocycles. The quantitative estimate of drug-likeness (QED) is 0.902. The molecule has 0 saturated carbocycles. The van der Waals surface area contributed by atoms with Crippen molar-refractivity contribution in [3.05, 3.63) is 21.3 Å². The van der Waals surface area contributed by atoms with Crippen LogP contribution < -0.4 is 0 Å². The molecule has 0 bridgehead atoms. The fourth-order valence-corrected chi connectivity index (χ4v) is 3.30. The van der Waals surface area contributed by atoms with E-state index in [4.69, 9.17) is 21.4 Å². The topological polar surface area (TPSA) is 66.8 Å². The van der Waals surface area contributed by atoms with Crippen LogP contribution in [0.3, 0.4) is 0 Å². The zero-order valence-corrected chi connectivity index (χ0v) is 12.5. The molecule has 1 unspecified atom stereocenters. The molecule has 7 heteroatoms. The van der Waals surface area contributed by atoms with Gasteiger partial charge in [0, 0.05) is 17.8 Å². The van der Waals surface area contributed by atoms with E-state index in [1.165, 1.54) is 11.3 Å². The molecule has 1 atom stereocenters. The fraction of sp³-hybridized carbons (Fsp3) is 0.538. The summed E-state index contributed by atoms with van der Waals surface area (Å²) in [4.78, 5) is 25.7. The number of amides is 1. The predicted molar refractivity (Wildman–Crippen MR) is 76.2 cm³/mol. The lowest BCUT2D eigenvalue weighted by atomic mass is 10.1.